The summed E-state index contributed by atoms with van der Waals surface area (Å²) in [6.45, 7) is 3.91. The molecule has 0 radical (unpaired) electrons. The lowest BCUT2D eigenvalue weighted by Crippen LogP contribution is -2.41. The van der Waals surface area contributed by atoms with E-state index in [0.29, 0.717) is 5.75 Å². The van der Waals surface area contributed by atoms with Crippen molar-refractivity contribution < 1.29 is 9.90 Å². The topological polar surface area (TPSA) is 71.2 Å². The molecule has 0 spiro atoms. The third-order valence-electron chi connectivity index (χ3n) is 4.86. The third-order valence-corrected chi connectivity index (χ3v) is 6.73. The number of piperidine rings is 1. The molecule has 1 aromatic carbocycles. The van der Waals surface area contributed by atoms with Crippen LogP contribution in [0.5, 0.6) is 0 Å². The Morgan fingerprint density at radius 1 is 1.30 bits per heavy atom. The van der Waals surface area contributed by atoms with Gasteiger partial charge in [-0.25, -0.2) is 9.67 Å². The molecule has 8 heteroatoms. The maximum atomic E-state index is 12.7. The first-order valence-corrected chi connectivity index (χ1v) is 11.0. The van der Waals surface area contributed by atoms with E-state index in [2.05, 4.69) is 26.0 Å². The van der Waals surface area contributed by atoms with Crippen LogP contribution >= 0.6 is 27.7 Å². The van der Waals surface area contributed by atoms with Gasteiger partial charge in [-0.05, 0) is 43.9 Å². The fourth-order valence-corrected chi connectivity index (χ4v) is 4.61. The van der Waals surface area contributed by atoms with Crippen LogP contribution in [0.4, 0.5) is 0 Å². The summed E-state index contributed by atoms with van der Waals surface area (Å²) in [6.07, 6.45) is 6.41. The van der Waals surface area contributed by atoms with E-state index in [1.54, 1.807) is 11.0 Å². The Balaban J connectivity index is 1.70. The summed E-state index contributed by atoms with van der Waals surface area (Å²) in [5, 5.41) is 15.4. The van der Waals surface area contributed by atoms with Crippen LogP contribution in [-0.4, -0.2) is 54.8 Å². The maximum absolute atomic E-state index is 12.7. The number of benzene rings is 1. The predicted octanol–water partition coefficient (Wildman–Crippen LogP) is 3.06. The number of hydrogen-bond donors (Lipinski definition) is 1. The molecule has 1 aliphatic heterocycles. The van der Waals surface area contributed by atoms with Crippen molar-refractivity contribution in [2.24, 2.45) is 0 Å². The lowest BCUT2D eigenvalue weighted by atomic mass is 9.96. The average molecular weight is 453 g/mol. The number of likely N-dealkylation sites (tertiary alicyclic amines) is 1. The molecular formula is C19H25BrN4O2S. The van der Waals surface area contributed by atoms with Crippen molar-refractivity contribution in [3.8, 4) is 0 Å². The highest BCUT2D eigenvalue weighted by molar-refractivity contribution is 9.10. The highest BCUT2D eigenvalue weighted by Crippen LogP contribution is 2.31. The second-order valence-corrected chi connectivity index (χ2v) is 9.22. The van der Waals surface area contributed by atoms with Crippen molar-refractivity contribution in [1.29, 1.82) is 0 Å². The standard InChI is InChI=1S/C19H25BrN4O2S/c1-15(18(25)23-9-3-2-4-10-23)27-12-19(26,11-24-14-21-13-22-24)16-5-7-17(20)8-6-16/h5-8,13-15,26H,2-4,9-12H2,1H3. The Labute approximate surface area is 172 Å². The number of nitrogens with zero attached hydrogens (tertiary/aromatic N) is 4. The van der Waals surface area contributed by atoms with Crippen LogP contribution in [0.1, 0.15) is 31.7 Å². The lowest BCUT2D eigenvalue weighted by Gasteiger charge is -2.32. The largest absolute Gasteiger partial charge is 0.382 e. The first-order chi connectivity index (χ1) is 13.0. The van der Waals surface area contributed by atoms with Gasteiger partial charge in [0.2, 0.25) is 5.91 Å². The number of halogens is 1. The minimum atomic E-state index is -1.14. The Morgan fingerprint density at radius 2 is 2.00 bits per heavy atom. The molecule has 1 N–H and O–H groups in total. The smallest absolute Gasteiger partial charge is 0.235 e. The molecular weight excluding hydrogens is 428 g/mol. The summed E-state index contributed by atoms with van der Waals surface area (Å²) < 4.78 is 2.58. The van der Waals surface area contributed by atoms with Crippen molar-refractivity contribution in [2.75, 3.05) is 18.8 Å². The van der Waals surface area contributed by atoms with Gasteiger partial charge in [-0.3, -0.25) is 4.79 Å². The van der Waals surface area contributed by atoms with Gasteiger partial charge in [-0.1, -0.05) is 28.1 Å². The van der Waals surface area contributed by atoms with Gasteiger partial charge in [0, 0.05) is 23.3 Å². The molecule has 2 atom stereocenters. The number of rotatable bonds is 7. The van der Waals surface area contributed by atoms with Crippen molar-refractivity contribution in [2.45, 2.75) is 43.6 Å². The van der Waals surface area contributed by atoms with E-state index in [0.717, 1.165) is 36.0 Å². The fourth-order valence-electron chi connectivity index (χ4n) is 3.27. The Kier molecular flexibility index (Phi) is 6.94. The van der Waals surface area contributed by atoms with E-state index in [-0.39, 0.29) is 17.7 Å². The molecule has 1 amide bonds. The first-order valence-electron chi connectivity index (χ1n) is 9.19. The number of amides is 1. The Bertz CT molecular complexity index is 735. The number of carbonyl (C=O) groups is 1. The SMILES string of the molecule is CC(SCC(O)(Cn1cncn1)c1ccc(Br)cc1)C(=O)N1CCCCC1. The summed E-state index contributed by atoms with van der Waals surface area (Å²) in [4.78, 5) is 18.6. The molecule has 1 saturated heterocycles. The van der Waals surface area contributed by atoms with Crippen molar-refractivity contribution >= 4 is 33.6 Å². The Morgan fingerprint density at radius 3 is 2.63 bits per heavy atom. The highest BCUT2D eigenvalue weighted by atomic mass is 79.9. The molecule has 0 saturated carbocycles. The number of thioether (sulfide) groups is 1. The minimum Gasteiger partial charge on any atom is -0.382 e. The molecule has 1 aromatic heterocycles. The maximum Gasteiger partial charge on any atom is 0.235 e. The molecule has 27 heavy (non-hydrogen) atoms. The van der Waals surface area contributed by atoms with Crippen LogP contribution in [0.2, 0.25) is 0 Å². The summed E-state index contributed by atoms with van der Waals surface area (Å²) >= 11 is 4.93. The van der Waals surface area contributed by atoms with Gasteiger partial charge in [0.05, 0.1) is 11.8 Å². The Hall–Kier alpha value is -1.38. The summed E-state index contributed by atoms with van der Waals surface area (Å²) in [6, 6.07) is 7.63. The molecule has 2 unspecified atom stereocenters. The van der Waals surface area contributed by atoms with Gasteiger partial charge in [0.15, 0.2) is 0 Å². The number of aliphatic hydroxyl groups is 1. The zero-order valence-electron chi connectivity index (χ0n) is 15.4. The molecule has 0 bridgehead atoms. The van der Waals surface area contributed by atoms with Gasteiger partial charge in [0.1, 0.15) is 18.3 Å². The van der Waals surface area contributed by atoms with E-state index in [1.807, 2.05) is 36.1 Å². The second-order valence-electron chi connectivity index (χ2n) is 6.97. The third kappa shape index (κ3) is 5.33. The fraction of sp³-hybridized carbons (Fsp3) is 0.526. The quantitative estimate of drug-likeness (QED) is 0.698. The zero-order valence-corrected chi connectivity index (χ0v) is 17.8. The number of carbonyl (C=O) groups excluding carboxylic acids is 1. The lowest BCUT2D eigenvalue weighted by molar-refractivity contribution is -0.131. The molecule has 2 aromatic rings. The molecule has 146 valence electrons. The van der Waals surface area contributed by atoms with E-state index >= 15 is 0 Å². The summed E-state index contributed by atoms with van der Waals surface area (Å²) in [5.41, 5.74) is -0.346. The predicted molar refractivity (Wildman–Crippen MR) is 110 cm³/mol. The second kappa shape index (κ2) is 9.21. The first kappa shape index (κ1) is 20.4. The number of hydrogen-bond acceptors (Lipinski definition) is 5. The van der Waals surface area contributed by atoms with Crippen molar-refractivity contribution in [3.05, 3.63) is 47.0 Å². The van der Waals surface area contributed by atoms with Crippen LogP contribution in [0.25, 0.3) is 0 Å². The van der Waals surface area contributed by atoms with Crippen LogP contribution in [0.15, 0.2) is 41.4 Å². The minimum absolute atomic E-state index is 0.165. The van der Waals surface area contributed by atoms with Gasteiger partial charge in [-0.15, -0.1) is 11.8 Å². The van der Waals surface area contributed by atoms with Gasteiger partial charge in [0.25, 0.3) is 0 Å². The monoisotopic (exact) mass is 452 g/mol. The summed E-state index contributed by atoms with van der Waals surface area (Å²) in [5.74, 6) is 0.563. The molecule has 2 heterocycles. The summed E-state index contributed by atoms with van der Waals surface area (Å²) in [7, 11) is 0. The van der Waals surface area contributed by atoms with E-state index in [4.69, 9.17) is 0 Å². The molecule has 0 aliphatic carbocycles. The van der Waals surface area contributed by atoms with Gasteiger partial charge in [-0.2, -0.15) is 5.10 Å². The average Bonchev–Trinajstić information content (AvgIpc) is 3.19. The van der Waals surface area contributed by atoms with E-state index < -0.39 is 5.60 Å². The zero-order chi connectivity index (χ0) is 19.3. The van der Waals surface area contributed by atoms with Crippen molar-refractivity contribution in [1.82, 2.24) is 19.7 Å². The van der Waals surface area contributed by atoms with Gasteiger partial charge < -0.3 is 10.0 Å². The van der Waals surface area contributed by atoms with Gasteiger partial charge >= 0.3 is 0 Å². The van der Waals surface area contributed by atoms with Crippen molar-refractivity contribution in [3.63, 3.8) is 0 Å². The highest BCUT2D eigenvalue weighted by Gasteiger charge is 2.33. The molecule has 1 aliphatic rings. The van der Waals surface area contributed by atoms with Crippen LogP contribution in [-0.2, 0) is 16.9 Å². The number of aromatic nitrogens is 3. The van der Waals surface area contributed by atoms with Crippen LogP contribution in [0.3, 0.4) is 0 Å². The molecule has 6 nitrogen and oxygen atoms in total. The molecule has 1 fully saturated rings. The van der Waals surface area contributed by atoms with Crippen LogP contribution in [0, 0.1) is 0 Å². The normalized spacial score (nSPS) is 18.1. The van der Waals surface area contributed by atoms with E-state index in [1.165, 1.54) is 24.5 Å². The molecule has 3 rings (SSSR count). The van der Waals surface area contributed by atoms with Crippen LogP contribution < -0.4 is 0 Å². The van der Waals surface area contributed by atoms with E-state index in [9.17, 15) is 9.90 Å².